The Balaban J connectivity index is 2.06. The van der Waals surface area contributed by atoms with E-state index in [0.717, 1.165) is 27.2 Å². The minimum absolute atomic E-state index is 0.130. The van der Waals surface area contributed by atoms with Crippen LogP contribution < -0.4 is 5.73 Å². The number of hydrogen-bond acceptors (Lipinski definition) is 6. The maximum atomic E-state index is 11.7. The fourth-order valence-corrected chi connectivity index (χ4v) is 4.08. The number of ether oxygens (including phenoxy) is 1. The minimum atomic E-state index is -0.380. The van der Waals surface area contributed by atoms with E-state index in [1.54, 1.807) is 11.3 Å². The van der Waals surface area contributed by atoms with Crippen molar-refractivity contribution in [3.63, 3.8) is 0 Å². The third kappa shape index (κ3) is 1.26. The summed E-state index contributed by atoms with van der Waals surface area (Å²) in [4.78, 5) is 17.9. The van der Waals surface area contributed by atoms with Crippen molar-refractivity contribution in [2.45, 2.75) is 18.3 Å². The van der Waals surface area contributed by atoms with Gasteiger partial charge in [-0.2, -0.15) is 0 Å². The molecule has 2 N–H and O–H groups in total. The van der Waals surface area contributed by atoms with E-state index in [2.05, 4.69) is 4.98 Å². The Morgan fingerprint density at radius 3 is 2.88 bits per heavy atom. The zero-order chi connectivity index (χ0) is 11.3. The lowest BCUT2D eigenvalue weighted by molar-refractivity contribution is -0.143. The number of thiazole rings is 1. The van der Waals surface area contributed by atoms with Crippen molar-refractivity contribution in [2.75, 3.05) is 12.8 Å². The highest BCUT2D eigenvalue weighted by atomic mass is 32.1. The lowest BCUT2D eigenvalue weighted by Crippen LogP contribution is -2.20. The van der Waals surface area contributed by atoms with Gasteiger partial charge in [0.2, 0.25) is 0 Å². The Hall–Kier alpha value is -1.14. The molecule has 2 heterocycles. The molecule has 0 bridgehead atoms. The molecule has 2 aromatic heterocycles. The first kappa shape index (κ1) is 10.0. The zero-order valence-electron chi connectivity index (χ0n) is 8.65. The van der Waals surface area contributed by atoms with Crippen LogP contribution in [0.3, 0.4) is 0 Å². The average molecular weight is 254 g/mol. The van der Waals surface area contributed by atoms with E-state index in [4.69, 9.17) is 10.5 Å². The molecule has 0 amide bonds. The number of aromatic nitrogens is 1. The Bertz CT molecular complexity index is 537. The van der Waals surface area contributed by atoms with Gasteiger partial charge < -0.3 is 10.5 Å². The highest BCUT2D eigenvalue weighted by molar-refractivity contribution is 7.29. The molecule has 4 nitrogen and oxygen atoms in total. The van der Waals surface area contributed by atoms with Crippen molar-refractivity contribution < 1.29 is 9.53 Å². The topological polar surface area (TPSA) is 65.2 Å². The molecule has 0 atom stereocenters. The standard InChI is InChI=1S/C10H10N2O2S2/c1-14-8(13)10(2-3-10)6-4-5-7(16-6)12-9(11)15-5/h4H,2-3H2,1H3,(H2,11,12). The molecule has 3 rings (SSSR count). The Morgan fingerprint density at radius 2 is 2.31 bits per heavy atom. The van der Waals surface area contributed by atoms with Gasteiger partial charge in [0, 0.05) is 4.88 Å². The van der Waals surface area contributed by atoms with Gasteiger partial charge in [-0.05, 0) is 18.9 Å². The van der Waals surface area contributed by atoms with Crippen LogP contribution in [0.25, 0.3) is 9.53 Å². The molecule has 0 saturated heterocycles. The van der Waals surface area contributed by atoms with Crippen molar-refractivity contribution in [2.24, 2.45) is 0 Å². The largest absolute Gasteiger partial charge is 0.468 e. The normalized spacial score (nSPS) is 17.6. The van der Waals surface area contributed by atoms with Crippen LogP contribution in [0.5, 0.6) is 0 Å². The fraction of sp³-hybridized carbons (Fsp3) is 0.400. The van der Waals surface area contributed by atoms with E-state index < -0.39 is 0 Å². The first-order chi connectivity index (χ1) is 7.65. The summed E-state index contributed by atoms with van der Waals surface area (Å²) >= 11 is 3.01. The summed E-state index contributed by atoms with van der Waals surface area (Å²) in [5.74, 6) is -0.130. The van der Waals surface area contributed by atoms with Gasteiger partial charge in [-0.1, -0.05) is 11.3 Å². The highest BCUT2D eigenvalue weighted by Gasteiger charge is 2.53. The second-order valence-corrected chi connectivity index (χ2v) is 6.00. The van der Waals surface area contributed by atoms with Gasteiger partial charge in [0.15, 0.2) is 5.13 Å². The van der Waals surface area contributed by atoms with Crippen LogP contribution in [0.2, 0.25) is 0 Å². The monoisotopic (exact) mass is 254 g/mol. The fourth-order valence-electron chi connectivity index (χ4n) is 1.86. The minimum Gasteiger partial charge on any atom is -0.468 e. The summed E-state index contributed by atoms with van der Waals surface area (Å²) < 4.78 is 5.92. The van der Waals surface area contributed by atoms with E-state index >= 15 is 0 Å². The summed E-state index contributed by atoms with van der Waals surface area (Å²) in [6.07, 6.45) is 1.76. The molecule has 0 aromatic carbocycles. The van der Waals surface area contributed by atoms with E-state index in [-0.39, 0.29) is 11.4 Å². The van der Waals surface area contributed by atoms with Gasteiger partial charge in [-0.3, -0.25) is 4.79 Å². The molecule has 1 aliphatic rings. The van der Waals surface area contributed by atoms with Crippen LogP contribution in [0.15, 0.2) is 6.07 Å². The molecular formula is C10H10N2O2S2. The molecule has 2 aromatic rings. The van der Waals surface area contributed by atoms with Crippen LogP contribution in [0.1, 0.15) is 17.7 Å². The molecule has 1 saturated carbocycles. The zero-order valence-corrected chi connectivity index (χ0v) is 10.3. The van der Waals surface area contributed by atoms with Crippen LogP contribution in [-0.2, 0) is 14.9 Å². The molecule has 0 aliphatic heterocycles. The smallest absolute Gasteiger partial charge is 0.317 e. The SMILES string of the molecule is COC(=O)C1(c2cc3sc(N)nc3s2)CC1. The summed E-state index contributed by atoms with van der Waals surface area (Å²) in [6.45, 7) is 0. The lowest BCUT2D eigenvalue weighted by atomic mass is 10.1. The molecular weight excluding hydrogens is 244 g/mol. The van der Waals surface area contributed by atoms with Crippen molar-refractivity contribution in [3.05, 3.63) is 10.9 Å². The van der Waals surface area contributed by atoms with Crippen molar-refractivity contribution in [1.29, 1.82) is 0 Å². The summed E-state index contributed by atoms with van der Waals surface area (Å²) in [5, 5.41) is 0.579. The molecule has 0 unspecified atom stereocenters. The first-order valence-electron chi connectivity index (χ1n) is 4.90. The number of fused-ring (bicyclic) bond motifs is 1. The summed E-state index contributed by atoms with van der Waals surface area (Å²) in [5.41, 5.74) is 5.24. The van der Waals surface area contributed by atoms with Crippen molar-refractivity contribution in [1.82, 2.24) is 4.98 Å². The molecule has 1 fully saturated rings. The number of thiophene rings is 1. The predicted octanol–water partition coefficient (Wildman–Crippen LogP) is 2.14. The van der Waals surface area contributed by atoms with Crippen LogP contribution in [-0.4, -0.2) is 18.1 Å². The Kier molecular flexibility index (Phi) is 1.99. The Labute approximate surface area is 100 Å². The maximum absolute atomic E-state index is 11.7. The first-order valence-corrected chi connectivity index (χ1v) is 6.54. The molecule has 0 spiro atoms. The van der Waals surface area contributed by atoms with Gasteiger partial charge in [-0.15, -0.1) is 11.3 Å². The number of nitrogens with two attached hydrogens (primary N) is 1. The number of esters is 1. The molecule has 16 heavy (non-hydrogen) atoms. The summed E-state index contributed by atoms with van der Waals surface area (Å²) in [7, 11) is 1.44. The van der Waals surface area contributed by atoms with E-state index in [9.17, 15) is 4.79 Å². The number of methoxy groups -OCH3 is 1. The quantitative estimate of drug-likeness (QED) is 0.834. The molecule has 0 radical (unpaired) electrons. The number of nitrogens with zero attached hydrogens (tertiary/aromatic N) is 1. The third-order valence-electron chi connectivity index (χ3n) is 2.90. The van der Waals surface area contributed by atoms with Gasteiger partial charge in [0.25, 0.3) is 0 Å². The number of hydrogen-bond donors (Lipinski definition) is 1. The van der Waals surface area contributed by atoms with Gasteiger partial charge >= 0.3 is 5.97 Å². The second-order valence-electron chi connectivity index (χ2n) is 3.91. The van der Waals surface area contributed by atoms with Gasteiger partial charge in [-0.25, -0.2) is 4.98 Å². The molecule has 84 valence electrons. The van der Waals surface area contributed by atoms with Crippen molar-refractivity contribution >= 4 is 43.3 Å². The summed E-state index contributed by atoms with van der Waals surface area (Å²) in [6, 6.07) is 2.03. The van der Waals surface area contributed by atoms with E-state index in [1.165, 1.54) is 18.4 Å². The van der Waals surface area contributed by atoms with E-state index in [0.29, 0.717) is 5.13 Å². The van der Waals surface area contributed by atoms with Crippen molar-refractivity contribution in [3.8, 4) is 0 Å². The highest BCUT2D eigenvalue weighted by Crippen LogP contribution is 2.53. The second kappa shape index (κ2) is 3.18. The van der Waals surface area contributed by atoms with Gasteiger partial charge in [0.05, 0.1) is 11.8 Å². The van der Waals surface area contributed by atoms with Gasteiger partial charge in [0.1, 0.15) is 10.2 Å². The number of nitrogen functional groups attached to an aromatic ring is 1. The number of anilines is 1. The molecule has 1 aliphatic carbocycles. The average Bonchev–Trinajstić information content (AvgIpc) is 2.87. The number of carbonyl (C=O) groups is 1. The van der Waals surface area contributed by atoms with Crippen LogP contribution in [0.4, 0.5) is 5.13 Å². The van der Waals surface area contributed by atoms with Crippen LogP contribution in [0, 0.1) is 0 Å². The molecule has 6 heteroatoms. The number of rotatable bonds is 2. The predicted molar refractivity (Wildman–Crippen MR) is 64.8 cm³/mol. The van der Waals surface area contributed by atoms with Crippen LogP contribution >= 0.6 is 22.7 Å². The third-order valence-corrected chi connectivity index (χ3v) is 5.10. The van der Waals surface area contributed by atoms with E-state index in [1.807, 2.05) is 6.07 Å². The number of carbonyl (C=O) groups excluding carboxylic acids is 1. The maximum Gasteiger partial charge on any atom is 0.317 e. The lowest BCUT2D eigenvalue weighted by Gasteiger charge is -2.09. The Morgan fingerprint density at radius 1 is 1.56 bits per heavy atom.